The Morgan fingerprint density at radius 1 is 1.14 bits per heavy atom. The summed E-state index contributed by atoms with van der Waals surface area (Å²) < 4.78 is 36.1. The molecule has 3 rings (SSSR count). The smallest absolute Gasteiger partial charge is 0.240 e. The molecule has 1 aliphatic heterocycles. The minimum Gasteiger partial charge on any atom is -0.454 e. The third-order valence-corrected chi connectivity index (χ3v) is 5.59. The van der Waals surface area contributed by atoms with Gasteiger partial charge >= 0.3 is 0 Å². The zero-order valence-electron chi connectivity index (χ0n) is 15.9. The molecule has 2 aromatic rings. The van der Waals surface area contributed by atoms with Crippen LogP contribution in [-0.2, 0) is 21.2 Å². The maximum atomic E-state index is 12.5. The SMILES string of the molecule is C[C@H](CCc1ccccc1)NC(=O)CN(c1ccc2c(c1)OCO2)S(C)(=O)=O. The summed E-state index contributed by atoms with van der Waals surface area (Å²) in [4.78, 5) is 12.5. The van der Waals surface area contributed by atoms with Crippen molar-refractivity contribution in [2.24, 2.45) is 0 Å². The second-order valence-corrected chi connectivity index (χ2v) is 8.71. The summed E-state index contributed by atoms with van der Waals surface area (Å²) in [7, 11) is -3.65. The fraction of sp³-hybridized carbons (Fsp3) is 0.350. The van der Waals surface area contributed by atoms with E-state index in [2.05, 4.69) is 5.32 Å². The highest BCUT2D eigenvalue weighted by molar-refractivity contribution is 7.92. The number of amides is 1. The quantitative estimate of drug-likeness (QED) is 0.730. The van der Waals surface area contributed by atoms with Crippen LogP contribution in [0.5, 0.6) is 11.5 Å². The van der Waals surface area contributed by atoms with Crippen LogP contribution in [0.25, 0.3) is 0 Å². The van der Waals surface area contributed by atoms with Crippen molar-refractivity contribution in [2.75, 3.05) is 23.9 Å². The number of fused-ring (bicyclic) bond motifs is 1. The second-order valence-electron chi connectivity index (χ2n) is 6.80. The minimum absolute atomic E-state index is 0.0779. The molecule has 1 N–H and O–H groups in total. The molecular weight excluding hydrogens is 380 g/mol. The number of carbonyl (C=O) groups excluding carboxylic acids is 1. The van der Waals surface area contributed by atoms with Crippen molar-refractivity contribution in [1.29, 1.82) is 0 Å². The molecule has 0 saturated carbocycles. The largest absolute Gasteiger partial charge is 0.454 e. The molecule has 0 unspecified atom stereocenters. The van der Waals surface area contributed by atoms with Crippen molar-refractivity contribution in [3.8, 4) is 11.5 Å². The summed E-state index contributed by atoms with van der Waals surface area (Å²) in [5.74, 6) is 0.655. The molecule has 0 aliphatic carbocycles. The number of rotatable bonds is 8. The van der Waals surface area contributed by atoms with Gasteiger partial charge < -0.3 is 14.8 Å². The highest BCUT2D eigenvalue weighted by Crippen LogP contribution is 2.36. The van der Waals surface area contributed by atoms with Gasteiger partial charge in [0.15, 0.2) is 11.5 Å². The Hall–Kier alpha value is -2.74. The number of aryl methyl sites for hydroxylation is 1. The predicted molar refractivity (Wildman–Crippen MR) is 107 cm³/mol. The van der Waals surface area contributed by atoms with Crippen LogP contribution in [0.3, 0.4) is 0 Å². The van der Waals surface area contributed by atoms with Gasteiger partial charge in [0, 0.05) is 12.1 Å². The predicted octanol–water partition coefficient (Wildman–Crippen LogP) is 2.32. The first-order valence-corrected chi connectivity index (χ1v) is 10.9. The van der Waals surface area contributed by atoms with Gasteiger partial charge in [-0.1, -0.05) is 30.3 Å². The molecule has 8 heteroatoms. The number of hydrogen-bond acceptors (Lipinski definition) is 5. The van der Waals surface area contributed by atoms with Crippen molar-refractivity contribution in [3.05, 3.63) is 54.1 Å². The van der Waals surface area contributed by atoms with Crippen molar-refractivity contribution in [2.45, 2.75) is 25.8 Å². The van der Waals surface area contributed by atoms with Crippen LogP contribution in [0.1, 0.15) is 18.9 Å². The van der Waals surface area contributed by atoms with Crippen molar-refractivity contribution in [1.82, 2.24) is 5.32 Å². The van der Waals surface area contributed by atoms with Crippen molar-refractivity contribution < 1.29 is 22.7 Å². The molecule has 0 fully saturated rings. The summed E-state index contributed by atoms with van der Waals surface area (Å²) >= 11 is 0. The summed E-state index contributed by atoms with van der Waals surface area (Å²) in [6.45, 7) is 1.71. The molecule has 1 amide bonds. The molecule has 0 spiro atoms. The maximum Gasteiger partial charge on any atom is 0.240 e. The van der Waals surface area contributed by atoms with E-state index in [0.29, 0.717) is 17.2 Å². The van der Waals surface area contributed by atoms with Crippen LogP contribution in [0.15, 0.2) is 48.5 Å². The van der Waals surface area contributed by atoms with Crippen LogP contribution in [0.2, 0.25) is 0 Å². The molecule has 7 nitrogen and oxygen atoms in total. The molecule has 1 aliphatic rings. The Morgan fingerprint density at radius 2 is 1.86 bits per heavy atom. The molecule has 1 atom stereocenters. The Morgan fingerprint density at radius 3 is 2.57 bits per heavy atom. The standard InChI is InChI=1S/C20H24N2O5S/c1-15(8-9-16-6-4-3-5-7-16)21-20(23)13-22(28(2,24)25)17-10-11-18-19(12-17)27-14-26-18/h3-7,10-12,15H,8-9,13-14H2,1-2H3,(H,21,23)/t15-/m1/s1. The van der Waals surface area contributed by atoms with E-state index >= 15 is 0 Å². The van der Waals surface area contributed by atoms with Crippen LogP contribution < -0.4 is 19.1 Å². The maximum absolute atomic E-state index is 12.5. The van der Waals surface area contributed by atoms with Crippen LogP contribution in [0.4, 0.5) is 5.69 Å². The zero-order valence-corrected chi connectivity index (χ0v) is 16.7. The van der Waals surface area contributed by atoms with E-state index < -0.39 is 10.0 Å². The molecule has 0 bridgehead atoms. The number of ether oxygens (including phenoxy) is 2. The molecule has 28 heavy (non-hydrogen) atoms. The third-order valence-electron chi connectivity index (χ3n) is 4.45. The molecule has 0 aromatic heterocycles. The van der Waals surface area contributed by atoms with Gasteiger partial charge in [0.1, 0.15) is 6.54 Å². The zero-order chi connectivity index (χ0) is 20.1. The number of sulfonamides is 1. The summed E-state index contributed by atoms with van der Waals surface area (Å²) in [5, 5.41) is 2.87. The Balaban J connectivity index is 1.62. The molecular formula is C20H24N2O5S. The fourth-order valence-corrected chi connectivity index (χ4v) is 3.84. The van der Waals surface area contributed by atoms with Gasteiger partial charge in [-0.15, -0.1) is 0 Å². The van der Waals surface area contributed by atoms with E-state index in [1.54, 1.807) is 18.2 Å². The number of benzene rings is 2. The lowest BCUT2D eigenvalue weighted by Gasteiger charge is -2.23. The van der Waals surface area contributed by atoms with Gasteiger partial charge in [-0.3, -0.25) is 9.10 Å². The summed E-state index contributed by atoms with van der Waals surface area (Å²) in [6.07, 6.45) is 2.67. The molecule has 150 valence electrons. The Kier molecular flexibility index (Phi) is 6.08. The normalized spacial score (nSPS) is 13.8. The number of nitrogens with zero attached hydrogens (tertiary/aromatic N) is 1. The number of hydrogen-bond donors (Lipinski definition) is 1. The average Bonchev–Trinajstić information content (AvgIpc) is 3.12. The second kappa shape index (κ2) is 8.52. The molecule has 0 saturated heterocycles. The lowest BCUT2D eigenvalue weighted by atomic mass is 10.1. The van der Waals surface area contributed by atoms with Crippen LogP contribution in [-0.4, -0.2) is 40.0 Å². The van der Waals surface area contributed by atoms with E-state index in [1.807, 2.05) is 37.3 Å². The number of carbonyl (C=O) groups is 1. The van der Waals surface area contributed by atoms with Gasteiger partial charge in [-0.25, -0.2) is 8.42 Å². The van der Waals surface area contributed by atoms with E-state index in [-0.39, 0.29) is 25.3 Å². The summed E-state index contributed by atoms with van der Waals surface area (Å²) in [5.41, 5.74) is 1.56. The van der Waals surface area contributed by atoms with Crippen molar-refractivity contribution >= 4 is 21.6 Å². The minimum atomic E-state index is -3.65. The summed E-state index contributed by atoms with van der Waals surface area (Å²) in [6, 6.07) is 14.7. The first kappa shape index (κ1) is 20.0. The van der Waals surface area contributed by atoms with E-state index in [0.717, 1.165) is 23.4 Å². The molecule has 1 heterocycles. The molecule has 0 radical (unpaired) electrons. The Bertz CT molecular complexity index is 931. The lowest BCUT2D eigenvalue weighted by molar-refractivity contribution is -0.120. The van der Waals surface area contributed by atoms with Gasteiger partial charge in [0.25, 0.3) is 0 Å². The first-order chi connectivity index (χ1) is 13.3. The van der Waals surface area contributed by atoms with Gasteiger partial charge in [-0.2, -0.15) is 0 Å². The lowest BCUT2D eigenvalue weighted by Crippen LogP contribution is -2.43. The van der Waals surface area contributed by atoms with Crippen LogP contribution in [0, 0.1) is 0 Å². The first-order valence-electron chi connectivity index (χ1n) is 9.03. The highest BCUT2D eigenvalue weighted by atomic mass is 32.2. The van der Waals surface area contributed by atoms with Gasteiger partial charge in [-0.05, 0) is 37.5 Å². The van der Waals surface area contributed by atoms with Crippen molar-refractivity contribution in [3.63, 3.8) is 0 Å². The molecule has 2 aromatic carbocycles. The highest BCUT2D eigenvalue weighted by Gasteiger charge is 2.24. The topological polar surface area (TPSA) is 84.9 Å². The number of anilines is 1. The van der Waals surface area contributed by atoms with Gasteiger partial charge in [0.2, 0.25) is 22.7 Å². The van der Waals surface area contributed by atoms with E-state index in [1.165, 1.54) is 5.56 Å². The average molecular weight is 404 g/mol. The fourth-order valence-electron chi connectivity index (χ4n) is 2.99. The number of nitrogens with one attached hydrogen (secondary N) is 1. The Labute approximate surface area is 165 Å². The third kappa shape index (κ3) is 5.16. The van der Waals surface area contributed by atoms with Crippen LogP contribution >= 0.6 is 0 Å². The monoisotopic (exact) mass is 404 g/mol. The van der Waals surface area contributed by atoms with Gasteiger partial charge in [0.05, 0.1) is 11.9 Å². The van der Waals surface area contributed by atoms with E-state index in [9.17, 15) is 13.2 Å². The van der Waals surface area contributed by atoms with E-state index in [4.69, 9.17) is 9.47 Å².